The first-order valence-corrected chi connectivity index (χ1v) is 10.3. The molecule has 2 aliphatic rings. The summed E-state index contributed by atoms with van der Waals surface area (Å²) >= 11 is 0. The number of hydrogen-bond donors (Lipinski definition) is 2. The van der Waals surface area contributed by atoms with E-state index >= 15 is 0 Å². The zero-order valence-electron chi connectivity index (χ0n) is 17.0. The van der Waals surface area contributed by atoms with Gasteiger partial charge in [-0.25, -0.2) is 9.37 Å². The number of halogens is 2. The molecule has 2 saturated heterocycles. The minimum Gasteiger partial charge on any atom is -0.357 e. The molecule has 8 heteroatoms. The first-order chi connectivity index (χ1) is 13.2. The number of hydrogen-bond acceptors (Lipinski definition) is 4. The van der Waals surface area contributed by atoms with Crippen molar-refractivity contribution in [3.8, 4) is 0 Å². The second-order valence-electron chi connectivity index (χ2n) is 7.56. The van der Waals surface area contributed by atoms with Crippen molar-refractivity contribution < 1.29 is 4.39 Å². The standard InChI is InChI=1S/C20H33FN6.HI/c1-3-10-26-11-7-16(14-26)13-24-20(22-4-2)25-17-8-12-27(15-17)19-18(21)6-5-9-23-19;/h5-6,9,16-17H,3-4,7-8,10-15H2,1-2H3,(H2,22,24,25);1H. The summed E-state index contributed by atoms with van der Waals surface area (Å²) in [7, 11) is 0. The van der Waals surface area contributed by atoms with Crippen LogP contribution in [0.15, 0.2) is 23.3 Å². The number of rotatable bonds is 7. The van der Waals surface area contributed by atoms with E-state index in [9.17, 15) is 4.39 Å². The van der Waals surface area contributed by atoms with Gasteiger partial charge >= 0.3 is 0 Å². The lowest BCUT2D eigenvalue weighted by Gasteiger charge is -2.20. The Labute approximate surface area is 185 Å². The van der Waals surface area contributed by atoms with Gasteiger partial charge in [0, 0.05) is 45.0 Å². The van der Waals surface area contributed by atoms with E-state index in [4.69, 9.17) is 4.99 Å². The maximum absolute atomic E-state index is 14.0. The highest BCUT2D eigenvalue weighted by atomic mass is 127. The van der Waals surface area contributed by atoms with Gasteiger partial charge in [-0.1, -0.05) is 6.92 Å². The summed E-state index contributed by atoms with van der Waals surface area (Å²) < 4.78 is 14.0. The molecule has 3 rings (SSSR count). The van der Waals surface area contributed by atoms with E-state index in [1.165, 1.54) is 32.0 Å². The Morgan fingerprint density at radius 3 is 2.89 bits per heavy atom. The topological polar surface area (TPSA) is 55.8 Å². The van der Waals surface area contributed by atoms with E-state index in [1.807, 2.05) is 4.90 Å². The molecule has 1 aromatic heterocycles. The van der Waals surface area contributed by atoms with Gasteiger partial charge in [-0.3, -0.25) is 4.99 Å². The first kappa shape index (κ1) is 23.1. The van der Waals surface area contributed by atoms with Gasteiger partial charge < -0.3 is 20.4 Å². The molecule has 0 bridgehead atoms. The van der Waals surface area contributed by atoms with Crippen LogP contribution in [0.1, 0.15) is 33.1 Å². The number of pyridine rings is 1. The molecule has 2 aliphatic heterocycles. The third kappa shape index (κ3) is 6.43. The highest BCUT2D eigenvalue weighted by molar-refractivity contribution is 14.0. The van der Waals surface area contributed by atoms with Gasteiger partial charge in [0.05, 0.1) is 0 Å². The van der Waals surface area contributed by atoms with Crippen molar-refractivity contribution in [3.63, 3.8) is 0 Å². The van der Waals surface area contributed by atoms with Gasteiger partial charge in [0.2, 0.25) is 0 Å². The van der Waals surface area contributed by atoms with E-state index in [2.05, 4.69) is 34.4 Å². The Morgan fingerprint density at radius 1 is 1.29 bits per heavy atom. The van der Waals surface area contributed by atoms with Crippen molar-refractivity contribution in [1.82, 2.24) is 20.5 Å². The van der Waals surface area contributed by atoms with Crippen LogP contribution in [-0.4, -0.2) is 67.7 Å². The van der Waals surface area contributed by atoms with E-state index in [-0.39, 0.29) is 35.8 Å². The number of guanidine groups is 1. The fourth-order valence-corrected chi connectivity index (χ4v) is 4.00. The van der Waals surface area contributed by atoms with E-state index in [1.54, 1.807) is 12.3 Å². The molecule has 3 heterocycles. The lowest BCUT2D eigenvalue weighted by Crippen LogP contribution is -2.45. The zero-order chi connectivity index (χ0) is 19.1. The van der Waals surface area contributed by atoms with Crippen LogP contribution in [0.25, 0.3) is 0 Å². The average Bonchev–Trinajstić information content (AvgIpc) is 3.30. The number of nitrogens with one attached hydrogen (secondary N) is 2. The van der Waals surface area contributed by atoms with Gasteiger partial charge in [0.25, 0.3) is 0 Å². The number of aliphatic imine (C=N–C) groups is 1. The minimum atomic E-state index is -0.253. The molecule has 0 saturated carbocycles. The molecular formula is C20H34FIN6. The molecule has 0 radical (unpaired) electrons. The predicted molar refractivity (Wildman–Crippen MR) is 124 cm³/mol. The van der Waals surface area contributed by atoms with Crippen molar-refractivity contribution in [2.24, 2.45) is 10.9 Å². The highest BCUT2D eigenvalue weighted by Gasteiger charge is 2.26. The van der Waals surface area contributed by atoms with E-state index in [0.717, 1.165) is 45.1 Å². The number of nitrogens with zero attached hydrogens (tertiary/aromatic N) is 4. The zero-order valence-corrected chi connectivity index (χ0v) is 19.4. The number of likely N-dealkylation sites (tertiary alicyclic amines) is 1. The third-order valence-corrected chi connectivity index (χ3v) is 5.33. The SMILES string of the molecule is CCCN1CCC(CN=C(NCC)NC2CCN(c3ncccc3F)C2)C1.I. The van der Waals surface area contributed by atoms with Gasteiger partial charge in [0.1, 0.15) is 0 Å². The monoisotopic (exact) mass is 504 g/mol. The molecule has 1 aromatic rings. The summed E-state index contributed by atoms with van der Waals surface area (Å²) in [5.74, 6) is 1.72. The van der Waals surface area contributed by atoms with E-state index < -0.39 is 0 Å². The fraction of sp³-hybridized carbons (Fsp3) is 0.700. The van der Waals surface area contributed by atoms with Crippen LogP contribution < -0.4 is 15.5 Å². The molecule has 2 N–H and O–H groups in total. The molecule has 2 atom stereocenters. The Morgan fingerprint density at radius 2 is 2.14 bits per heavy atom. The lowest BCUT2D eigenvalue weighted by molar-refractivity contribution is 0.326. The normalized spacial score (nSPS) is 23.0. The summed E-state index contributed by atoms with van der Waals surface area (Å²) in [5.41, 5.74) is 0. The summed E-state index contributed by atoms with van der Waals surface area (Å²) in [4.78, 5) is 13.6. The van der Waals surface area contributed by atoms with Crippen molar-refractivity contribution in [2.45, 2.75) is 39.2 Å². The highest BCUT2D eigenvalue weighted by Crippen LogP contribution is 2.21. The molecule has 2 fully saturated rings. The second-order valence-corrected chi connectivity index (χ2v) is 7.56. The number of anilines is 1. The predicted octanol–water partition coefficient (Wildman–Crippen LogP) is 2.70. The molecule has 158 valence electrons. The Hall–Kier alpha value is -1.16. The first-order valence-electron chi connectivity index (χ1n) is 10.3. The summed E-state index contributed by atoms with van der Waals surface area (Å²) in [6, 6.07) is 3.35. The summed E-state index contributed by atoms with van der Waals surface area (Å²) in [5, 5.41) is 6.88. The van der Waals surface area contributed by atoms with Gasteiger partial charge in [-0.05, 0) is 57.3 Å². The molecule has 28 heavy (non-hydrogen) atoms. The van der Waals surface area contributed by atoms with Crippen molar-refractivity contribution in [2.75, 3.05) is 50.7 Å². The summed E-state index contributed by atoms with van der Waals surface area (Å²) in [6.07, 6.45) is 5.05. The maximum atomic E-state index is 14.0. The van der Waals surface area contributed by atoms with Crippen LogP contribution in [0.4, 0.5) is 10.2 Å². The van der Waals surface area contributed by atoms with Crippen molar-refractivity contribution in [3.05, 3.63) is 24.1 Å². The van der Waals surface area contributed by atoms with Crippen LogP contribution >= 0.6 is 24.0 Å². The van der Waals surface area contributed by atoms with Gasteiger partial charge in [-0.15, -0.1) is 24.0 Å². The molecule has 0 aromatic carbocycles. The van der Waals surface area contributed by atoms with Crippen LogP contribution in [-0.2, 0) is 0 Å². The second kappa shape index (κ2) is 11.7. The van der Waals surface area contributed by atoms with Crippen LogP contribution in [0, 0.1) is 11.7 Å². The molecule has 0 spiro atoms. The Kier molecular flexibility index (Phi) is 9.70. The maximum Gasteiger partial charge on any atom is 0.191 e. The third-order valence-electron chi connectivity index (χ3n) is 5.33. The van der Waals surface area contributed by atoms with Crippen molar-refractivity contribution in [1.29, 1.82) is 0 Å². The van der Waals surface area contributed by atoms with Gasteiger partial charge in [-0.2, -0.15) is 0 Å². The van der Waals surface area contributed by atoms with Crippen LogP contribution in [0.3, 0.4) is 0 Å². The van der Waals surface area contributed by atoms with Crippen LogP contribution in [0.2, 0.25) is 0 Å². The lowest BCUT2D eigenvalue weighted by atomic mass is 10.1. The molecule has 2 unspecified atom stereocenters. The van der Waals surface area contributed by atoms with Gasteiger partial charge in [0.15, 0.2) is 17.6 Å². The van der Waals surface area contributed by atoms with E-state index in [0.29, 0.717) is 11.7 Å². The minimum absolute atomic E-state index is 0. The Balaban J connectivity index is 0.00000280. The van der Waals surface area contributed by atoms with Crippen molar-refractivity contribution >= 4 is 35.8 Å². The molecule has 6 nitrogen and oxygen atoms in total. The smallest absolute Gasteiger partial charge is 0.191 e. The molecule has 0 aliphatic carbocycles. The largest absolute Gasteiger partial charge is 0.357 e. The van der Waals surface area contributed by atoms with Crippen LogP contribution in [0.5, 0.6) is 0 Å². The number of aromatic nitrogens is 1. The quantitative estimate of drug-likeness (QED) is 0.340. The fourth-order valence-electron chi connectivity index (χ4n) is 4.00. The summed E-state index contributed by atoms with van der Waals surface area (Å²) in [6.45, 7) is 11.1. The Bertz CT molecular complexity index is 628. The molecular weight excluding hydrogens is 470 g/mol. The average molecular weight is 504 g/mol. The molecule has 0 amide bonds.